The lowest BCUT2D eigenvalue weighted by molar-refractivity contribution is 0.0382. The maximum atomic E-state index is 12.1. The average Bonchev–Trinajstić information content (AvgIpc) is 3.27. The highest BCUT2D eigenvalue weighted by molar-refractivity contribution is 5.69. The van der Waals surface area contributed by atoms with Crippen LogP contribution in [-0.4, -0.2) is 23.8 Å². The van der Waals surface area contributed by atoms with E-state index in [1.807, 2.05) is 20.8 Å². The highest BCUT2D eigenvalue weighted by Crippen LogP contribution is 2.41. The monoisotopic (exact) mass is 330 g/mol. The van der Waals surface area contributed by atoms with Crippen LogP contribution in [0, 0.1) is 0 Å². The molecule has 0 aliphatic heterocycles. The number of hydrogen-bond donors (Lipinski definition) is 2. The first-order valence-corrected chi connectivity index (χ1v) is 9.17. The summed E-state index contributed by atoms with van der Waals surface area (Å²) in [5.41, 5.74) is 2.29. The van der Waals surface area contributed by atoms with Crippen molar-refractivity contribution in [3.8, 4) is 0 Å². The first-order valence-electron chi connectivity index (χ1n) is 9.17. The molecule has 0 aromatic heterocycles. The SMILES string of the molecule is CC(C)(C)OC(=O)NC1(CNCc2ccccc2C2CC2)CCC1. The van der Waals surface area contributed by atoms with Crippen LogP contribution in [0.5, 0.6) is 0 Å². The fourth-order valence-corrected chi connectivity index (χ4v) is 3.39. The number of hydrogen-bond acceptors (Lipinski definition) is 3. The van der Waals surface area contributed by atoms with E-state index >= 15 is 0 Å². The van der Waals surface area contributed by atoms with Gasteiger partial charge in [0.25, 0.3) is 0 Å². The van der Waals surface area contributed by atoms with Gasteiger partial charge in [-0.05, 0) is 69.9 Å². The molecule has 0 heterocycles. The highest BCUT2D eigenvalue weighted by Gasteiger charge is 2.39. The summed E-state index contributed by atoms with van der Waals surface area (Å²) in [4.78, 5) is 12.1. The van der Waals surface area contributed by atoms with E-state index in [1.165, 1.54) is 24.0 Å². The third-order valence-corrected chi connectivity index (χ3v) is 4.93. The van der Waals surface area contributed by atoms with Gasteiger partial charge in [-0.1, -0.05) is 24.3 Å². The molecule has 1 aromatic rings. The van der Waals surface area contributed by atoms with Gasteiger partial charge >= 0.3 is 6.09 Å². The number of alkyl carbamates (subject to hydrolysis) is 1. The lowest BCUT2D eigenvalue weighted by Gasteiger charge is -2.43. The molecule has 3 rings (SSSR count). The molecule has 0 atom stereocenters. The topological polar surface area (TPSA) is 50.4 Å². The minimum atomic E-state index is -0.453. The number of carbonyl (C=O) groups excluding carboxylic acids is 1. The Morgan fingerprint density at radius 3 is 2.54 bits per heavy atom. The Morgan fingerprint density at radius 2 is 1.96 bits per heavy atom. The molecule has 2 aliphatic carbocycles. The van der Waals surface area contributed by atoms with E-state index in [1.54, 1.807) is 0 Å². The van der Waals surface area contributed by atoms with Gasteiger partial charge in [-0.2, -0.15) is 0 Å². The molecule has 0 radical (unpaired) electrons. The van der Waals surface area contributed by atoms with Gasteiger partial charge < -0.3 is 15.4 Å². The van der Waals surface area contributed by atoms with Crippen molar-refractivity contribution in [1.82, 2.24) is 10.6 Å². The van der Waals surface area contributed by atoms with E-state index in [9.17, 15) is 4.79 Å². The van der Waals surface area contributed by atoms with Crippen LogP contribution in [0.25, 0.3) is 0 Å². The van der Waals surface area contributed by atoms with Crippen molar-refractivity contribution >= 4 is 6.09 Å². The van der Waals surface area contributed by atoms with E-state index in [-0.39, 0.29) is 11.6 Å². The summed E-state index contributed by atoms with van der Waals surface area (Å²) >= 11 is 0. The molecule has 4 heteroatoms. The van der Waals surface area contributed by atoms with E-state index in [2.05, 4.69) is 34.9 Å². The summed E-state index contributed by atoms with van der Waals surface area (Å²) in [7, 11) is 0. The van der Waals surface area contributed by atoms with Gasteiger partial charge in [0, 0.05) is 13.1 Å². The van der Waals surface area contributed by atoms with Crippen molar-refractivity contribution in [3.05, 3.63) is 35.4 Å². The molecular formula is C20H30N2O2. The zero-order chi connectivity index (χ0) is 17.2. The third-order valence-electron chi connectivity index (χ3n) is 4.93. The smallest absolute Gasteiger partial charge is 0.408 e. The van der Waals surface area contributed by atoms with Crippen LogP contribution in [0.1, 0.15) is 69.9 Å². The summed E-state index contributed by atoms with van der Waals surface area (Å²) in [5, 5.41) is 6.66. The minimum absolute atomic E-state index is 0.142. The van der Waals surface area contributed by atoms with E-state index < -0.39 is 5.60 Å². The van der Waals surface area contributed by atoms with Gasteiger partial charge in [-0.25, -0.2) is 4.79 Å². The fraction of sp³-hybridized carbons (Fsp3) is 0.650. The van der Waals surface area contributed by atoms with E-state index in [4.69, 9.17) is 4.74 Å². The second-order valence-corrected chi connectivity index (χ2v) is 8.34. The maximum Gasteiger partial charge on any atom is 0.408 e. The fourth-order valence-electron chi connectivity index (χ4n) is 3.39. The number of rotatable bonds is 6. The molecule has 2 fully saturated rings. The van der Waals surface area contributed by atoms with Gasteiger partial charge in [0.05, 0.1) is 5.54 Å². The Balaban J connectivity index is 1.52. The highest BCUT2D eigenvalue weighted by atomic mass is 16.6. The van der Waals surface area contributed by atoms with Gasteiger partial charge in [-0.3, -0.25) is 0 Å². The molecule has 132 valence electrons. The zero-order valence-electron chi connectivity index (χ0n) is 15.2. The number of nitrogens with one attached hydrogen (secondary N) is 2. The van der Waals surface area contributed by atoms with Crippen molar-refractivity contribution in [2.24, 2.45) is 0 Å². The Morgan fingerprint density at radius 1 is 1.25 bits per heavy atom. The normalized spacial score (nSPS) is 19.5. The lowest BCUT2D eigenvalue weighted by atomic mass is 9.76. The first kappa shape index (κ1) is 17.3. The molecule has 4 nitrogen and oxygen atoms in total. The Bertz CT molecular complexity index is 584. The summed E-state index contributed by atoms with van der Waals surface area (Å²) < 4.78 is 5.41. The Hall–Kier alpha value is -1.55. The zero-order valence-corrected chi connectivity index (χ0v) is 15.2. The van der Waals surface area contributed by atoms with Crippen LogP contribution in [0.15, 0.2) is 24.3 Å². The summed E-state index contributed by atoms with van der Waals surface area (Å²) in [5.74, 6) is 0.764. The quantitative estimate of drug-likeness (QED) is 0.825. The Kier molecular flexibility index (Phi) is 4.86. The number of amides is 1. The molecule has 1 aromatic carbocycles. The molecule has 0 saturated heterocycles. The largest absolute Gasteiger partial charge is 0.444 e. The molecule has 2 saturated carbocycles. The van der Waals surface area contributed by atoms with E-state index in [0.29, 0.717) is 0 Å². The second-order valence-electron chi connectivity index (χ2n) is 8.34. The molecule has 2 aliphatic rings. The van der Waals surface area contributed by atoms with Crippen LogP contribution in [0.4, 0.5) is 4.79 Å². The maximum absolute atomic E-state index is 12.1. The van der Waals surface area contributed by atoms with Crippen molar-refractivity contribution in [2.75, 3.05) is 6.54 Å². The number of carbonyl (C=O) groups is 1. The third kappa shape index (κ3) is 4.50. The lowest BCUT2D eigenvalue weighted by Crippen LogP contribution is -2.59. The van der Waals surface area contributed by atoms with Crippen LogP contribution in [0.2, 0.25) is 0 Å². The summed E-state index contributed by atoms with van der Waals surface area (Å²) in [6, 6.07) is 8.72. The standard InChI is InChI=1S/C20H30N2O2/c1-19(2,3)24-18(23)22-20(11-6-12-20)14-21-13-16-7-4-5-8-17(16)15-9-10-15/h4-5,7-8,15,21H,6,9-14H2,1-3H3,(H,22,23). The van der Waals surface area contributed by atoms with Gasteiger partial charge in [0.2, 0.25) is 0 Å². The second kappa shape index (κ2) is 6.75. The summed E-state index contributed by atoms with van der Waals surface area (Å²) in [6.07, 6.45) is 5.54. The van der Waals surface area contributed by atoms with Crippen LogP contribution < -0.4 is 10.6 Å². The first-order chi connectivity index (χ1) is 11.4. The molecule has 24 heavy (non-hydrogen) atoms. The molecule has 0 spiro atoms. The van der Waals surface area contributed by atoms with Crippen molar-refractivity contribution in [3.63, 3.8) is 0 Å². The Labute approximate surface area is 145 Å². The minimum Gasteiger partial charge on any atom is -0.444 e. The molecular weight excluding hydrogens is 300 g/mol. The average molecular weight is 330 g/mol. The number of ether oxygens (including phenoxy) is 1. The van der Waals surface area contributed by atoms with Crippen LogP contribution >= 0.6 is 0 Å². The van der Waals surface area contributed by atoms with Gasteiger partial charge in [0.15, 0.2) is 0 Å². The molecule has 0 bridgehead atoms. The van der Waals surface area contributed by atoms with Gasteiger partial charge in [0.1, 0.15) is 5.60 Å². The van der Waals surface area contributed by atoms with E-state index in [0.717, 1.165) is 38.3 Å². The predicted molar refractivity (Wildman–Crippen MR) is 96.1 cm³/mol. The molecule has 1 amide bonds. The van der Waals surface area contributed by atoms with Crippen LogP contribution in [0.3, 0.4) is 0 Å². The predicted octanol–water partition coefficient (Wildman–Crippen LogP) is 4.10. The van der Waals surface area contributed by atoms with Crippen molar-refractivity contribution in [1.29, 1.82) is 0 Å². The number of benzene rings is 1. The van der Waals surface area contributed by atoms with Crippen molar-refractivity contribution in [2.45, 2.75) is 76.5 Å². The van der Waals surface area contributed by atoms with Crippen LogP contribution in [-0.2, 0) is 11.3 Å². The molecule has 0 unspecified atom stereocenters. The van der Waals surface area contributed by atoms with Crippen molar-refractivity contribution < 1.29 is 9.53 Å². The molecule has 2 N–H and O–H groups in total. The van der Waals surface area contributed by atoms with Gasteiger partial charge in [-0.15, -0.1) is 0 Å². The summed E-state index contributed by atoms with van der Waals surface area (Å²) in [6.45, 7) is 7.35.